The Morgan fingerprint density at radius 2 is 1.94 bits per heavy atom. The number of nitrogens with zero attached hydrogens (tertiary/aromatic N) is 5. The molecule has 3 aliphatic rings. The first kappa shape index (κ1) is 22.8. The summed E-state index contributed by atoms with van der Waals surface area (Å²) in [6.45, 7) is 1.01. The number of aromatic nitrogens is 4. The van der Waals surface area contributed by atoms with Gasteiger partial charge in [-0.05, 0) is 38.5 Å². The van der Waals surface area contributed by atoms with Gasteiger partial charge in [-0.25, -0.2) is 15.0 Å². The van der Waals surface area contributed by atoms with Gasteiger partial charge in [0, 0.05) is 31.4 Å². The van der Waals surface area contributed by atoms with Crippen LogP contribution in [0.3, 0.4) is 0 Å². The van der Waals surface area contributed by atoms with Crippen LogP contribution in [0.4, 0.5) is 20.5 Å². The summed E-state index contributed by atoms with van der Waals surface area (Å²) in [6.07, 6.45) is 7.84. The van der Waals surface area contributed by atoms with Crippen LogP contribution in [-0.2, 0) is 16.7 Å². The van der Waals surface area contributed by atoms with Gasteiger partial charge in [-0.15, -0.1) is 0 Å². The van der Waals surface area contributed by atoms with Gasteiger partial charge < -0.3 is 15.3 Å². The third-order valence-electron chi connectivity index (χ3n) is 6.75. The molecule has 12 heteroatoms. The van der Waals surface area contributed by atoms with Crippen molar-refractivity contribution in [3.05, 3.63) is 28.9 Å². The number of halogens is 3. The van der Waals surface area contributed by atoms with E-state index < -0.39 is 33.7 Å². The molecule has 0 radical (unpaired) electrons. The maximum atomic E-state index is 14.7. The molecule has 1 unspecified atom stereocenters. The molecule has 0 spiro atoms. The average Bonchev–Trinajstić information content (AvgIpc) is 2.91. The lowest BCUT2D eigenvalue weighted by Crippen LogP contribution is -2.48. The van der Waals surface area contributed by atoms with E-state index in [-0.39, 0.29) is 29.2 Å². The van der Waals surface area contributed by atoms with E-state index >= 15 is 0 Å². The molecule has 2 fully saturated rings. The van der Waals surface area contributed by atoms with E-state index in [0.29, 0.717) is 37.4 Å². The molecule has 2 aromatic heterocycles. The summed E-state index contributed by atoms with van der Waals surface area (Å²) in [5.74, 6) is -2.89. The maximum absolute atomic E-state index is 14.7. The quantitative estimate of drug-likeness (QED) is 0.647. The van der Waals surface area contributed by atoms with Gasteiger partial charge in [-0.1, -0.05) is 11.6 Å². The van der Waals surface area contributed by atoms with Gasteiger partial charge in [0.1, 0.15) is 22.2 Å². The van der Waals surface area contributed by atoms with Crippen LogP contribution in [0.15, 0.2) is 17.3 Å². The van der Waals surface area contributed by atoms with E-state index in [1.165, 1.54) is 0 Å². The first-order valence-corrected chi connectivity index (χ1v) is 12.8. The molecule has 2 aromatic rings. The molecule has 1 aliphatic carbocycles. The minimum atomic E-state index is -3.29. The molecule has 5 rings (SSSR count). The highest BCUT2D eigenvalue weighted by molar-refractivity contribution is 7.85. The topological polar surface area (TPSA) is 104 Å². The first-order valence-electron chi connectivity index (χ1n) is 11.1. The summed E-state index contributed by atoms with van der Waals surface area (Å²) in [6, 6.07) is 0. The van der Waals surface area contributed by atoms with Crippen LogP contribution < -0.4 is 10.2 Å². The summed E-state index contributed by atoms with van der Waals surface area (Å²) in [4.78, 5) is 19.3. The number of nitrogens with one attached hydrogen (secondary N) is 1. The number of anilines is 2. The van der Waals surface area contributed by atoms with Crippen molar-refractivity contribution in [2.75, 3.05) is 35.7 Å². The number of hydrogen-bond donors (Lipinski definition) is 2. The zero-order chi connectivity index (χ0) is 23.2. The number of aliphatic hydroxyl groups is 1. The second-order valence-electron chi connectivity index (χ2n) is 9.04. The Labute approximate surface area is 197 Å². The van der Waals surface area contributed by atoms with Crippen LogP contribution >= 0.6 is 11.6 Å². The fourth-order valence-corrected chi connectivity index (χ4v) is 6.13. The van der Waals surface area contributed by atoms with E-state index in [1.807, 2.05) is 4.90 Å². The SMILES string of the molecule is O=[S@]1CC(F)(F)c2nc(N3CCCC(c4ncc(Cl)cn4)CC3)nc(NC3(CO)CCC3)c21. The van der Waals surface area contributed by atoms with Crippen molar-refractivity contribution in [3.8, 4) is 0 Å². The Kier molecular flexibility index (Phi) is 5.98. The zero-order valence-corrected chi connectivity index (χ0v) is 19.5. The van der Waals surface area contributed by atoms with E-state index in [1.54, 1.807) is 12.4 Å². The van der Waals surface area contributed by atoms with E-state index in [4.69, 9.17) is 11.6 Å². The zero-order valence-electron chi connectivity index (χ0n) is 17.9. The first-order chi connectivity index (χ1) is 15.8. The monoisotopic (exact) mass is 498 g/mol. The number of fused-ring (bicyclic) bond motifs is 1. The Hall–Kier alpha value is -1.98. The lowest BCUT2D eigenvalue weighted by Gasteiger charge is -2.41. The third kappa shape index (κ3) is 4.30. The fraction of sp³-hybridized carbons (Fsp3) is 0.619. The van der Waals surface area contributed by atoms with Crippen LogP contribution in [0.1, 0.15) is 56.0 Å². The van der Waals surface area contributed by atoms with Gasteiger partial charge in [0.05, 0.1) is 33.7 Å². The number of aliphatic hydroxyl groups excluding tert-OH is 1. The third-order valence-corrected chi connectivity index (χ3v) is 8.42. The van der Waals surface area contributed by atoms with Crippen LogP contribution in [0.25, 0.3) is 0 Å². The molecule has 2 aliphatic heterocycles. The second kappa shape index (κ2) is 8.66. The molecule has 0 amide bonds. The Morgan fingerprint density at radius 1 is 1.18 bits per heavy atom. The fourth-order valence-electron chi connectivity index (χ4n) is 4.70. The molecule has 8 nitrogen and oxygen atoms in total. The van der Waals surface area contributed by atoms with Crippen molar-refractivity contribution in [1.29, 1.82) is 0 Å². The van der Waals surface area contributed by atoms with Crippen molar-refractivity contribution >= 4 is 34.2 Å². The normalized spacial score (nSPS) is 25.8. The smallest absolute Gasteiger partial charge is 0.302 e. The highest BCUT2D eigenvalue weighted by Gasteiger charge is 2.49. The molecule has 2 atom stereocenters. The predicted octanol–water partition coefficient (Wildman–Crippen LogP) is 3.23. The number of alkyl halides is 2. The van der Waals surface area contributed by atoms with Crippen LogP contribution in [0.2, 0.25) is 5.02 Å². The van der Waals surface area contributed by atoms with Gasteiger partial charge in [0.25, 0.3) is 0 Å². The molecule has 2 N–H and O–H groups in total. The van der Waals surface area contributed by atoms with Crippen molar-refractivity contribution in [2.24, 2.45) is 0 Å². The summed E-state index contributed by atoms with van der Waals surface area (Å²) < 4.78 is 42.0. The highest BCUT2D eigenvalue weighted by atomic mass is 35.5. The standard InChI is InChI=1S/C21H25ClF2N6O2S/c22-14-9-25-17(26-10-14)13-3-1-7-30(8-4-13)19-27-16-15(33(32)12-21(16,23)24)18(28-19)29-20(11-31)5-2-6-20/h9-10,13,31H,1-8,11-12H2,(H,27,28,29)/t13?,33-/m0/s1. The Balaban J connectivity index is 1.45. The minimum absolute atomic E-state index is 0.0364. The second-order valence-corrected chi connectivity index (χ2v) is 10.9. The maximum Gasteiger partial charge on any atom is 0.302 e. The summed E-state index contributed by atoms with van der Waals surface area (Å²) >= 11 is 5.90. The molecular weight excluding hydrogens is 474 g/mol. The summed E-state index contributed by atoms with van der Waals surface area (Å²) in [5, 5.41) is 13.5. The van der Waals surface area contributed by atoms with Gasteiger partial charge >= 0.3 is 5.92 Å². The highest BCUT2D eigenvalue weighted by Crippen LogP contribution is 2.45. The van der Waals surface area contributed by atoms with Gasteiger partial charge in [-0.2, -0.15) is 13.8 Å². The Morgan fingerprint density at radius 3 is 2.61 bits per heavy atom. The lowest BCUT2D eigenvalue weighted by molar-refractivity contribution is 0.0191. The number of hydrogen-bond acceptors (Lipinski definition) is 8. The molecule has 0 bridgehead atoms. The largest absolute Gasteiger partial charge is 0.394 e. The van der Waals surface area contributed by atoms with Gasteiger partial charge in [-0.3, -0.25) is 4.21 Å². The average molecular weight is 499 g/mol. The summed E-state index contributed by atoms with van der Waals surface area (Å²) in [7, 11) is -1.91. The van der Waals surface area contributed by atoms with Crippen molar-refractivity contribution in [3.63, 3.8) is 0 Å². The van der Waals surface area contributed by atoms with Gasteiger partial charge in [0.2, 0.25) is 5.95 Å². The molecule has 1 saturated carbocycles. The molecule has 0 aromatic carbocycles. The summed E-state index contributed by atoms with van der Waals surface area (Å²) in [5.41, 5.74) is -1.08. The van der Waals surface area contributed by atoms with E-state index in [9.17, 15) is 18.1 Å². The molecule has 4 heterocycles. The van der Waals surface area contributed by atoms with Crippen LogP contribution in [0.5, 0.6) is 0 Å². The molecule has 1 saturated heterocycles. The van der Waals surface area contributed by atoms with Crippen molar-refractivity contribution in [2.45, 2.75) is 60.8 Å². The molecule has 33 heavy (non-hydrogen) atoms. The van der Waals surface area contributed by atoms with E-state index in [2.05, 4.69) is 25.3 Å². The predicted molar refractivity (Wildman–Crippen MR) is 120 cm³/mol. The molecular formula is C21H25ClF2N6O2S. The number of rotatable bonds is 5. The Bertz CT molecular complexity index is 1060. The lowest BCUT2D eigenvalue weighted by atomic mass is 9.77. The van der Waals surface area contributed by atoms with Crippen molar-refractivity contribution in [1.82, 2.24) is 19.9 Å². The van der Waals surface area contributed by atoms with Crippen LogP contribution in [-0.4, -0.2) is 60.2 Å². The van der Waals surface area contributed by atoms with Gasteiger partial charge in [0.15, 0.2) is 0 Å². The molecule has 178 valence electrons. The van der Waals surface area contributed by atoms with Crippen LogP contribution in [0, 0.1) is 0 Å². The van der Waals surface area contributed by atoms with Crippen molar-refractivity contribution < 1.29 is 18.1 Å². The minimum Gasteiger partial charge on any atom is -0.394 e. The van der Waals surface area contributed by atoms with E-state index in [0.717, 1.165) is 25.1 Å².